The first-order chi connectivity index (χ1) is 12.2. The molecule has 0 radical (unpaired) electrons. The van der Waals surface area contributed by atoms with E-state index in [4.69, 9.17) is 0 Å². The minimum atomic E-state index is -3.51. The molecule has 10 aliphatic rings. The molecule has 10 saturated heterocycles. The minimum absolute atomic E-state index is 0.531. The van der Waals surface area contributed by atoms with E-state index >= 15 is 0 Å². The summed E-state index contributed by atoms with van der Waals surface area (Å²) in [5, 5.41) is 1.06. The van der Waals surface area contributed by atoms with Crippen LogP contribution in [0.3, 0.4) is 0 Å². The Morgan fingerprint density at radius 1 is 0.556 bits per heavy atom. The molecule has 3 heteroatoms. The Hall–Kier alpha value is 1.38. The number of rotatable bonds is 6. The van der Waals surface area contributed by atoms with E-state index < -0.39 is 6.51 Å². The summed E-state index contributed by atoms with van der Waals surface area (Å²) in [6, 6.07) is 0. The van der Waals surface area contributed by atoms with Gasteiger partial charge in [0.15, 0.2) is 0 Å². The van der Waals surface area contributed by atoms with Crippen molar-refractivity contribution in [1.82, 2.24) is 0 Å². The van der Waals surface area contributed by atoms with Gasteiger partial charge in [0.2, 0.25) is 0 Å². The van der Waals surface area contributed by atoms with Crippen LogP contribution < -0.4 is 0 Å². The van der Waals surface area contributed by atoms with Gasteiger partial charge >= 0.3 is 162 Å². The van der Waals surface area contributed by atoms with E-state index in [0.29, 0.717) is 10.3 Å². The first-order valence-corrected chi connectivity index (χ1v) is 19.4. The van der Waals surface area contributed by atoms with Gasteiger partial charge < -0.3 is 0 Å². The molecule has 10 rings (SSSR count). The van der Waals surface area contributed by atoms with E-state index in [9.17, 15) is 0 Å². The SMILES string of the molecule is CC(C)C(P)(C(C)C)[C]12[CH]3[CH]4[CH]5[C]1(C(P)(C(C)C)C(C)C)[Fe]43521678[CH]2[CH]1[CH]6[CH]7[CH]28. The third-order valence-electron chi connectivity index (χ3n) is 19.9. The Labute approximate surface area is 161 Å². The van der Waals surface area contributed by atoms with Gasteiger partial charge in [0.25, 0.3) is 0 Å². The zero-order valence-corrected chi connectivity index (χ0v) is 21.9. The number of hydrogen-bond acceptors (Lipinski definition) is 0. The van der Waals surface area contributed by atoms with E-state index in [1.165, 1.54) is 38.5 Å². The standard InChI is InChI=1S/C19H35P2.C5H5.Fe/c1-12(2)18(20,13(3)4)16-10-9-11-17(16)19(21,14(5)6)15(7)8;1-2-4-5-3-1;/h9-15H,20-21H2,1-8H3;1-5H;. The van der Waals surface area contributed by atoms with Gasteiger partial charge in [0.05, 0.1) is 0 Å². The predicted octanol–water partition coefficient (Wildman–Crippen LogP) is 7.97. The molecule has 10 aliphatic heterocycles. The van der Waals surface area contributed by atoms with Crippen LogP contribution in [0.15, 0.2) is 0 Å². The molecule has 1 spiro atoms. The van der Waals surface area contributed by atoms with Crippen LogP contribution in [0.2, 0.25) is 47.2 Å². The number of hydrogen-bond donors (Lipinski definition) is 0. The fourth-order valence-corrected chi connectivity index (χ4v) is 107. The van der Waals surface area contributed by atoms with Gasteiger partial charge in [-0.05, 0) is 0 Å². The van der Waals surface area contributed by atoms with E-state index in [1.54, 1.807) is 0 Å². The molecule has 27 heavy (non-hydrogen) atoms. The Morgan fingerprint density at radius 3 is 0.963 bits per heavy atom. The van der Waals surface area contributed by atoms with Gasteiger partial charge in [-0.3, -0.25) is 0 Å². The number of fused-ring (bicyclic) bond motifs is 10. The molecule has 0 bridgehead atoms. The fraction of sp³-hybridized carbons (Fsp3) is 1.00. The van der Waals surface area contributed by atoms with Gasteiger partial charge in [0.1, 0.15) is 0 Å². The van der Waals surface area contributed by atoms with Crippen molar-refractivity contribution in [2.24, 2.45) is 23.7 Å². The zero-order valence-electron chi connectivity index (χ0n) is 18.4. The fourth-order valence-electron chi connectivity index (χ4n) is 22.1. The van der Waals surface area contributed by atoms with Gasteiger partial charge in [-0.25, -0.2) is 0 Å². The zero-order chi connectivity index (χ0) is 19.2. The molecule has 10 fully saturated rings. The molecule has 0 saturated carbocycles. The summed E-state index contributed by atoms with van der Waals surface area (Å²) in [5.41, 5.74) is 0. The van der Waals surface area contributed by atoms with Crippen LogP contribution in [0.25, 0.3) is 0 Å². The van der Waals surface area contributed by atoms with Crippen LogP contribution in [0.1, 0.15) is 55.4 Å². The Bertz CT molecular complexity index is 1160. The second kappa shape index (κ2) is 1.68. The Morgan fingerprint density at radius 2 is 0.815 bits per heavy atom. The molecule has 0 aliphatic carbocycles. The van der Waals surface area contributed by atoms with Crippen LogP contribution in [-0.4, -0.2) is 10.3 Å². The monoisotopic (exact) mass is 446 g/mol. The molecule has 0 amide bonds. The molecule has 0 aromatic carbocycles. The van der Waals surface area contributed by atoms with E-state index in [0.717, 1.165) is 32.3 Å². The molecule has 6 atom stereocenters. The predicted molar refractivity (Wildman–Crippen MR) is 120 cm³/mol. The summed E-state index contributed by atoms with van der Waals surface area (Å²) < 4.78 is 1.75. The van der Waals surface area contributed by atoms with Crippen LogP contribution in [0.4, 0.5) is 0 Å². The van der Waals surface area contributed by atoms with Crippen molar-refractivity contribution in [3.8, 4) is 0 Å². The average Bonchev–Trinajstić information content (AvgIpc) is 3.52. The molecule has 0 aromatic heterocycles. The summed E-state index contributed by atoms with van der Waals surface area (Å²) in [6.45, 7) is 17.4. The second-order valence-electron chi connectivity index (χ2n) is 16.2. The summed E-state index contributed by atoms with van der Waals surface area (Å²) in [4.78, 5) is 11.1. The van der Waals surface area contributed by atoms with Crippen molar-refractivity contribution in [3.05, 3.63) is 0 Å². The van der Waals surface area contributed by atoms with Crippen LogP contribution in [0, 0.1) is 23.7 Å². The van der Waals surface area contributed by atoms with Gasteiger partial charge in [-0.1, -0.05) is 0 Å². The molecule has 0 nitrogen and oxygen atoms in total. The Balaban J connectivity index is 1.44. The van der Waals surface area contributed by atoms with Crippen molar-refractivity contribution in [2.45, 2.75) is 113 Å². The summed E-state index contributed by atoms with van der Waals surface area (Å²) >= 11 is 0. The van der Waals surface area contributed by atoms with Crippen molar-refractivity contribution >= 4 is 18.5 Å². The molecular formula is C24H40FeP2. The molecule has 0 aromatic rings. The first-order valence-electron chi connectivity index (χ1n) is 12.0. The average molecular weight is 446 g/mol. The van der Waals surface area contributed by atoms with Gasteiger partial charge in [-0.2, -0.15) is 0 Å². The summed E-state index contributed by atoms with van der Waals surface area (Å²) in [7, 11) is 7.39. The Kier molecular flexibility index (Phi) is 0.949. The third-order valence-corrected chi connectivity index (χ3v) is 67.2. The van der Waals surface area contributed by atoms with Crippen molar-refractivity contribution in [2.75, 3.05) is 0 Å². The van der Waals surface area contributed by atoms with E-state index in [-0.39, 0.29) is 0 Å². The maximum atomic E-state index is 3.69. The molecule has 154 valence electrons. The first kappa shape index (κ1) is 15.2. The quantitative estimate of drug-likeness (QED) is 0.287. The van der Waals surface area contributed by atoms with E-state index in [2.05, 4.69) is 73.9 Å². The molecule has 6 unspecified atom stereocenters. The molecule has 0 N–H and O–H groups in total. The van der Waals surface area contributed by atoms with Crippen LogP contribution in [0.5, 0.6) is 0 Å². The molecular weight excluding hydrogens is 406 g/mol. The summed E-state index contributed by atoms with van der Waals surface area (Å²) in [6.07, 6.45) is 0. The maximum absolute atomic E-state index is 3.69. The van der Waals surface area contributed by atoms with Crippen molar-refractivity contribution < 1.29 is 6.51 Å². The van der Waals surface area contributed by atoms with Crippen molar-refractivity contribution in [3.63, 3.8) is 0 Å². The summed E-state index contributed by atoms with van der Waals surface area (Å²) in [5.74, 6) is 3.31. The van der Waals surface area contributed by atoms with E-state index in [1.807, 2.05) is 0 Å². The van der Waals surface area contributed by atoms with Gasteiger partial charge in [0, 0.05) is 0 Å². The van der Waals surface area contributed by atoms with Crippen LogP contribution in [-0.2, 0) is 6.51 Å². The van der Waals surface area contributed by atoms with Crippen LogP contribution >= 0.6 is 18.5 Å². The third kappa shape index (κ3) is 0.241. The van der Waals surface area contributed by atoms with Crippen molar-refractivity contribution in [1.29, 1.82) is 0 Å². The van der Waals surface area contributed by atoms with Gasteiger partial charge in [-0.15, -0.1) is 0 Å². The second-order valence-corrected chi connectivity index (χ2v) is 41.4. The topological polar surface area (TPSA) is 0 Å². The normalized spacial score (nSPS) is 84.5. The molecule has 10 heterocycles.